The van der Waals surface area contributed by atoms with Gasteiger partial charge in [0.15, 0.2) is 17.5 Å². The van der Waals surface area contributed by atoms with Crippen LogP contribution in [-0.2, 0) is 17.8 Å². The molecule has 1 saturated carbocycles. The number of benzene rings is 1. The van der Waals surface area contributed by atoms with Crippen LogP contribution in [0.15, 0.2) is 24.3 Å². The Hall–Kier alpha value is -3.01. The van der Waals surface area contributed by atoms with Crippen molar-refractivity contribution in [1.82, 2.24) is 14.8 Å². The number of hydrogen-bond donors (Lipinski definition) is 1. The van der Waals surface area contributed by atoms with E-state index in [1.807, 2.05) is 11.5 Å². The summed E-state index contributed by atoms with van der Waals surface area (Å²) in [5, 5.41) is 20.9. The molecule has 0 unspecified atom stereocenters. The molecule has 7 heteroatoms. The van der Waals surface area contributed by atoms with E-state index in [2.05, 4.69) is 21.6 Å². The molecule has 0 saturated heterocycles. The molecule has 144 valence electrons. The quantitative estimate of drug-likeness (QED) is 0.807. The number of nitrogens with zero attached hydrogens (tertiary/aromatic N) is 4. The van der Waals surface area contributed by atoms with Crippen molar-refractivity contribution in [2.24, 2.45) is 11.8 Å². The van der Waals surface area contributed by atoms with Crippen molar-refractivity contribution >= 4 is 17.4 Å². The van der Waals surface area contributed by atoms with Gasteiger partial charge in [0, 0.05) is 30.1 Å². The number of carbonyl (C=O) groups excluding carboxylic acids is 2. The minimum absolute atomic E-state index is 0.0169. The first kappa shape index (κ1) is 18.4. The lowest BCUT2D eigenvalue weighted by molar-refractivity contribution is -0.117. The molecule has 7 nitrogen and oxygen atoms in total. The van der Waals surface area contributed by atoms with E-state index in [1.165, 1.54) is 0 Å². The van der Waals surface area contributed by atoms with E-state index in [-0.39, 0.29) is 17.6 Å². The van der Waals surface area contributed by atoms with Gasteiger partial charge in [-0.2, -0.15) is 5.26 Å². The van der Waals surface area contributed by atoms with Gasteiger partial charge in [0.1, 0.15) is 5.82 Å². The first-order valence-electron chi connectivity index (χ1n) is 9.85. The third-order valence-electron chi connectivity index (χ3n) is 5.65. The second kappa shape index (κ2) is 7.55. The number of amides is 1. The van der Waals surface area contributed by atoms with E-state index < -0.39 is 5.92 Å². The van der Waals surface area contributed by atoms with Crippen LogP contribution in [0.4, 0.5) is 5.69 Å². The van der Waals surface area contributed by atoms with Crippen molar-refractivity contribution in [3.05, 3.63) is 41.5 Å². The zero-order valence-corrected chi connectivity index (χ0v) is 15.9. The van der Waals surface area contributed by atoms with Gasteiger partial charge in [0.2, 0.25) is 5.91 Å². The van der Waals surface area contributed by atoms with Crippen LogP contribution >= 0.6 is 0 Å². The van der Waals surface area contributed by atoms with Crippen molar-refractivity contribution in [2.45, 2.75) is 51.5 Å². The molecule has 3 atom stereocenters. The van der Waals surface area contributed by atoms with Crippen molar-refractivity contribution in [3.8, 4) is 6.07 Å². The first-order valence-corrected chi connectivity index (χ1v) is 9.85. The second-order valence-corrected chi connectivity index (χ2v) is 7.75. The highest BCUT2D eigenvalue weighted by Crippen LogP contribution is 2.38. The Labute approximate surface area is 163 Å². The number of ketones is 1. The van der Waals surface area contributed by atoms with Gasteiger partial charge in [-0.1, -0.05) is 25.5 Å². The Kier molecular flexibility index (Phi) is 4.95. The fourth-order valence-electron chi connectivity index (χ4n) is 3.79. The molecule has 2 aromatic rings. The van der Waals surface area contributed by atoms with E-state index in [0.717, 1.165) is 44.5 Å². The van der Waals surface area contributed by atoms with Gasteiger partial charge in [-0.15, -0.1) is 10.2 Å². The molecular weight excluding hydrogens is 354 g/mol. The topological polar surface area (TPSA) is 101 Å². The zero-order chi connectivity index (χ0) is 19.7. The molecule has 1 aliphatic carbocycles. The normalized spacial score (nSPS) is 21.7. The van der Waals surface area contributed by atoms with Crippen LogP contribution in [0.25, 0.3) is 0 Å². The Bertz CT molecular complexity index is 958. The number of Topliss-reactive ketones (excluding diaryl/α,β-unsaturated/α-hetero) is 1. The lowest BCUT2D eigenvalue weighted by atomic mass is 9.97. The second-order valence-electron chi connectivity index (χ2n) is 7.75. The number of aryl methyl sites for hydroxylation is 1. The molecule has 1 N–H and O–H groups in total. The average Bonchev–Trinajstić information content (AvgIpc) is 3.38. The molecule has 1 fully saturated rings. The summed E-state index contributed by atoms with van der Waals surface area (Å²) in [5.74, 6) is 0.391. The maximum absolute atomic E-state index is 13.1. The smallest absolute Gasteiger partial charge is 0.227 e. The maximum Gasteiger partial charge on any atom is 0.227 e. The van der Waals surface area contributed by atoms with Crippen molar-refractivity contribution in [3.63, 3.8) is 0 Å². The molecular formula is C21H23N5O2. The number of nitriles is 1. The third kappa shape index (κ3) is 3.55. The van der Waals surface area contributed by atoms with Gasteiger partial charge < -0.3 is 9.88 Å². The van der Waals surface area contributed by atoms with E-state index >= 15 is 0 Å². The van der Waals surface area contributed by atoms with E-state index in [4.69, 9.17) is 0 Å². The highest BCUT2D eigenvalue weighted by molar-refractivity contribution is 6.03. The van der Waals surface area contributed by atoms with Crippen LogP contribution in [0.5, 0.6) is 0 Å². The monoisotopic (exact) mass is 377 g/mol. The molecule has 0 radical (unpaired) electrons. The number of carbonyl (C=O) groups is 2. The average molecular weight is 377 g/mol. The van der Waals surface area contributed by atoms with Crippen molar-refractivity contribution in [1.29, 1.82) is 5.26 Å². The van der Waals surface area contributed by atoms with Gasteiger partial charge in [0.25, 0.3) is 0 Å². The van der Waals surface area contributed by atoms with Gasteiger partial charge in [-0.3, -0.25) is 9.59 Å². The standard InChI is InChI=1S/C21H23N5O2/c1-13-10-16(13)21(28)23-15-7-5-6-14(11-15)19(27)17(12-22)20-25-24-18-8-3-2-4-9-26(18)20/h5-7,11,13,16-17H,2-4,8-10H2,1H3,(H,23,28)/t13-,16-,17-/m1/s1. The Morgan fingerprint density at radius 3 is 2.86 bits per heavy atom. The highest BCUT2D eigenvalue weighted by Gasteiger charge is 2.39. The van der Waals surface area contributed by atoms with Gasteiger partial charge in [-0.05, 0) is 37.3 Å². The molecule has 28 heavy (non-hydrogen) atoms. The zero-order valence-electron chi connectivity index (χ0n) is 15.9. The predicted octanol–water partition coefficient (Wildman–Crippen LogP) is 3.09. The SMILES string of the molecule is C[C@@H]1C[C@H]1C(=O)Nc1cccc(C(=O)[C@@H](C#N)c2nnc3n2CCCCC3)c1. The van der Waals surface area contributed by atoms with Crippen LogP contribution in [0.3, 0.4) is 0 Å². The van der Waals surface area contributed by atoms with E-state index in [9.17, 15) is 14.9 Å². The number of fused-ring (bicyclic) bond motifs is 1. The minimum Gasteiger partial charge on any atom is -0.326 e. The molecule has 0 bridgehead atoms. The van der Waals surface area contributed by atoms with Gasteiger partial charge >= 0.3 is 0 Å². The largest absolute Gasteiger partial charge is 0.326 e. The van der Waals surface area contributed by atoms with Crippen LogP contribution in [-0.4, -0.2) is 26.5 Å². The number of aromatic nitrogens is 3. The fraction of sp³-hybridized carbons (Fsp3) is 0.476. The third-order valence-corrected chi connectivity index (χ3v) is 5.65. The molecule has 0 spiro atoms. The predicted molar refractivity (Wildman–Crippen MR) is 103 cm³/mol. The summed E-state index contributed by atoms with van der Waals surface area (Å²) in [6, 6.07) is 8.89. The van der Waals surface area contributed by atoms with Gasteiger partial charge in [0.05, 0.1) is 6.07 Å². The molecule has 2 aliphatic rings. The summed E-state index contributed by atoms with van der Waals surface area (Å²) < 4.78 is 1.93. The maximum atomic E-state index is 13.1. The van der Waals surface area contributed by atoms with Crippen molar-refractivity contribution < 1.29 is 9.59 Å². The summed E-state index contributed by atoms with van der Waals surface area (Å²) in [4.78, 5) is 25.2. The number of anilines is 1. The van der Waals surface area contributed by atoms with Crippen LogP contribution in [0.2, 0.25) is 0 Å². The summed E-state index contributed by atoms with van der Waals surface area (Å²) in [6.45, 7) is 2.78. The van der Waals surface area contributed by atoms with Crippen molar-refractivity contribution in [2.75, 3.05) is 5.32 Å². The molecule has 1 aromatic carbocycles. The summed E-state index contributed by atoms with van der Waals surface area (Å²) in [6.07, 6.45) is 4.87. The van der Waals surface area contributed by atoms with Crippen LogP contribution < -0.4 is 5.32 Å². The fourth-order valence-corrected chi connectivity index (χ4v) is 3.79. The number of hydrogen-bond acceptors (Lipinski definition) is 5. The Morgan fingerprint density at radius 1 is 1.29 bits per heavy atom. The first-order chi connectivity index (χ1) is 13.6. The molecule has 2 heterocycles. The van der Waals surface area contributed by atoms with E-state index in [0.29, 0.717) is 23.0 Å². The Balaban J connectivity index is 1.56. The number of rotatable bonds is 5. The summed E-state index contributed by atoms with van der Waals surface area (Å²) in [7, 11) is 0. The minimum atomic E-state index is -1.01. The molecule has 1 aliphatic heterocycles. The number of nitrogens with one attached hydrogen (secondary N) is 1. The Morgan fingerprint density at radius 2 is 2.11 bits per heavy atom. The molecule has 1 amide bonds. The van der Waals surface area contributed by atoms with E-state index in [1.54, 1.807) is 24.3 Å². The van der Waals surface area contributed by atoms with Crippen LogP contribution in [0, 0.1) is 23.2 Å². The lowest BCUT2D eigenvalue weighted by Gasteiger charge is -2.12. The molecule has 4 rings (SSSR count). The summed E-state index contributed by atoms with van der Waals surface area (Å²) in [5.41, 5.74) is 0.964. The lowest BCUT2D eigenvalue weighted by Crippen LogP contribution is -2.18. The van der Waals surface area contributed by atoms with Gasteiger partial charge in [-0.25, -0.2) is 0 Å². The molecule has 1 aromatic heterocycles. The summed E-state index contributed by atoms with van der Waals surface area (Å²) >= 11 is 0. The van der Waals surface area contributed by atoms with Crippen LogP contribution in [0.1, 0.15) is 60.5 Å². The highest BCUT2D eigenvalue weighted by atomic mass is 16.2.